The molecule has 0 atom stereocenters. The summed E-state index contributed by atoms with van der Waals surface area (Å²) in [7, 11) is 0. The van der Waals surface area contributed by atoms with Crippen molar-refractivity contribution < 1.29 is 14.0 Å². The lowest BCUT2D eigenvalue weighted by Gasteiger charge is -2.06. The number of carbonyl (C=O) groups excluding carboxylic acids is 2. The van der Waals surface area contributed by atoms with Gasteiger partial charge in [0.15, 0.2) is 0 Å². The summed E-state index contributed by atoms with van der Waals surface area (Å²) in [4.78, 5) is 24.0. The first kappa shape index (κ1) is 17.1. The van der Waals surface area contributed by atoms with E-state index in [0.29, 0.717) is 23.1 Å². The van der Waals surface area contributed by atoms with Crippen molar-refractivity contribution in [2.24, 2.45) is 0 Å². The number of carbonyl (C=O) groups is 2. The highest BCUT2D eigenvalue weighted by Crippen LogP contribution is 2.38. The SMILES string of the molecule is Cc1cc(C(=O)NNC(=O)/C=C/c2cc(C)n(C3CC3)c2C)c(C)o1. The summed E-state index contributed by atoms with van der Waals surface area (Å²) in [6.45, 7) is 7.62. The number of aryl methyl sites for hydroxylation is 3. The summed E-state index contributed by atoms with van der Waals surface area (Å²) in [6.07, 6.45) is 5.64. The van der Waals surface area contributed by atoms with Crippen molar-refractivity contribution in [2.75, 3.05) is 0 Å². The van der Waals surface area contributed by atoms with E-state index < -0.39 is 5.91 Å². The summed E-state index contributed by atoms with van der Waals surface area (Å²) in [5.41, 5.74) is 8.59. The van der Waals surface area contributed by atoms with Crippen molar-refractivity contribution in [1.82, 2.24) is 15.4 Å². The summed E-state index contributed by atoms with van der Waals surface area (Å²) < 4.78 is 7.63. The Hall–Kier alpha value is -2.76. The second-order valence-electron chi connectivity index (χ2n) is 6.53. The molecule has 1 fully saturated rings. The molecule has 2 N–H and O–H groups in total. The maximum atomic E-state index is 12.0. The number of hydrazine groups is 1. The fourth-order valence-corrected chi connectivity index (χ4v) is 3.12. The quantitative estimate of drug-likeness (QED) is 0.663. The van der Waals surface area contributed by atoms with Gasteiger partial charge in [0.25, 0.3) is 11.8 Å². The fraction of sp³-hybridized carbons (Fsp3) is 0.368. The molecule has 0 aromatic carbocycles. The van der Waals surface area contributed by atoms with Crippen molar-refractivity contribution in [3.63, 3.8) is 0 Å². The molecule has 0 radical (unpaired) electrons. The zero-order valence-electron chi connectivity index (χ0n) is 15.0. The topological polar surface area (TPSA) is 76.3 Å². The first-order valence-electron chi connectivity index (χ1n) is 8.40. The van der Waals surface area contributed by atoms with Crippen molar-refractivity contribution in [3.8, 4) is 0 Å². The van der Waals surface area contributed by atoms with E-state index in [-0.39, 0.29) is 5.91 Å². The molecule has 132 valence electrons. The van der Waals surface area contributed by atoms with Crippen LogP contribution in [0, 0.1) is 27.7 Å². The van der Waals surface area contributed by atoms with Crippen molar-refractivity contribution in [3.05, 3.63) is 52.2 Å². The largest absolute Gasteiger partial charge is 0.466 e. The third-order valence-electron chi connectivity index (χ3n) is 4.43. The lowest BCUT2D eigenvalue weighted by atomic mass is 10.2. The van der Waals surface area contributed by atoms with Crippen LogP contribution in [0.1, 0.15) is 57.7 Å². The molecule has 2 amide bonds. The lowest BCUT2D eigenvalue weighted by molar-refractivity contribution is -0.117. The van der Waals surface area contributed by atoms with Gasteiger partial charge in [-0.25, -0.2) is 0 Å². The monoisotopic (exact) mass is 341 g/mol. The van der Waals surface area contributed by atoms with Gasteiger partial charge in [0, 0.05) is 23.5 Å². The summed E-state index contributed by atoms with van der Waals surface area (Å²) in [6, 6.07) is 4.32. The molecule has 6 heteroatoms. The average molecular weight is 341 g/mol. The molecule has 3 rings (SSSR count). The Morgan fingerprint density at radius 3 is 2.48 bits per heavy atom. The summed E-state index contributed by atoms with van der Waals surface area (Å²) in [5, 5.41) is 0. The van der Waals surface area contributed by atoms with Gasteiger partial charge >= 0.3 is 0 Å². The number of nitrogens with zero attached hydrogens (tertiary/aromatic N) is 1. The van der Waals surface area contributed by atoms with Gasteiger partial charge in [-0.05, 0) is 64.3 Å². The normalized spacial score (nSPS) is 14.1. The van der Waals surface area contributed by atoms with Gasteiger partial charge in [0.05, 0.1) is 5.56 Å². The van der Waals surface area contributed by atoms with Crippen LogP contribution in [-0.2, 0) is 4.79 Å². The molecule has 25 heavy (non-hydrogen) atoms. The molecule has 0 spiro atoms. The molecule has 0 saturated heterocycles. The first-order chi connectivity index (χ1) is 11.9. The van der Waals surface area contributed by atoms with E-state index in [0.717, 1.165) is 11.3 Å². The van der Waals surface area contributed by atoms with E-state index in [1.54, 1.807) is 26.0 Å². The van der Waals surface area contributed by atoms with Crippen molar-refractivity contribution in [1.29, 1.82) is 0 Å². The van der Waals surface area contributed by atoms with Gasteiger partial charge in [-0.1, -0.05) is 0 Å². The number of nitrogens with one attached hydrogen (secondary N) is 2. The molecule has 2 heterocycles. The van der Waals surface area contributed by atoms with Crippen molar-refractivity contribution >= 4 is 17.9 Å². The molecule has 1 saturated carbocycles. The number of hydrogen-bond donors (Lipinski definition) is 2. The molecule has 1 aliphatic rings. The van der Waals surface area contributed by atoms with Crippen LogP contribution in [0.4, 0.5) is 0 Å². The molecule has 1 aliphatic carbocycles. The second-order valence-corrected chi connectivity index (χ2v) is 6.53. The molecule has 2 aromatic heterocycles. The maximum absolute atomic E-state index is 12.0. The van der Waals surface area contributed by atoms with Crippen LogP contribution < -0.4 is 10.9 Å². The highest BCUT2D eigenvalue weighted by atomic mass is 16.3. The van der Waals surface area contributed by atoms with E-state index in [4.69, 9.17) is 4.42 Å². The number of hydrogen-bond acceptors (Lipinski definition) is 3. The lowest BCUT2D eigenvalue weighted by Crippen LogP contribution is -2.40. The summed E-state index contributed by atoms with van der Waals surface area (Å²) in [5.74, 6) is 0.387. The molecule has 0 aliphatic heterocycles. The van der Waals surface area contributed by atoms with E-state index in [1.165, 1.54) is 24.6 Å². The van der Waals surface area contributed by atoms with Gasteiger partial charge in [0.1, 0.15) is 11.5 Å². The fourth-order valence-electron chi connectivity index (χ4n) is 3.12. The maximum Gasteiger partial charge on any atom is 0.273 e. The molecular formula is C19H23N3O3. The molecular weight excluding hydrogens is 318 g/mol. The number of furan rings is 1. The van der Waals surface area contributed by atoms with Gasteiger partial charge in [-0.15, -0.1) is 0 Å². The minimum Gasteiger partial charge on any atom is -0.466 e. The Balaban J connectivity index is 1.59. The van der Waals surface area contributed by atoms with Gasteiger partial charge < -0.3 is 8.98 Å². The minimum atomic E-state index is -0.400. The Bertz CT molecular complexity index is 854. The van der Waals surface area contributed by atoms with Gasteiger partial charge in [-0.3, -0.25) is 20.4 Å². The standard InChI is InChI=1S/C19H23N3O3/c1-11-9-15(13(3)22(11)16-6-7-16)5-8-18(23)20-21-19(24)17-10-12(2)25-14(17)4/h5,8-10,16H,6-7H2,1-4H3,(H,20,23)(H,21,24)/b8-5+. The third-order valence-corrected chi connectivity index (χ3v) is 4.43. The molecule has 6 nitrogen and oxygen atoms in total. The third kappa shape index (κ3) is 3.68. The van der Waals surface area contributed by atoms with E-state index in [1.807, 2.05) is 0 Å². The van der Waals surface area contributed by atoms with Gasteiger partial charge in [-0.2, -0.15) is 0 Å². The molecule has 0 bridgehead atoms. The predicted octanol–water partition coefficient (Wildman–Crippen LogP) is 3.12. The Morgan fingerprint density at radius 2 is 1.88 bits per heavy atom. The van der Waals surface area contributed by atoms with Crippen LogP contribution >= 0.6 is 0 Å². The Kier molecular flexibility index (Phi) is 4.53. The van der Waals surface area contributed by atoms with Crippen LogP contribution in [0.5, 0.6) is 0 Å². The zero-order chi connectivity index (χ0) is 18.1. The molecule has 2 aromatic rings. The zero-order valence-corrected chi connectivity index (χ0v) is 15.0. The van der Waals surface area contributed by atoms with Gasteiger partial charge in [0.2, 0.25) is 0 Å². The van der Waals surface area contributed by atoms with Crippen molar-refractivity contribution in [2.45, 2.75) is 46.6 Å². The number of aromatic nitrogens is 1. The highest BCUT2D eigenvalue weighted by molar-refractivity contribution is 5.98. The second kappa shape index (κ2) is 6.63. The van der Waals surface area contributed by atoms with E-state index in [9.17, 15) is 9.59 Å². The Morgan fingerprint density at radius 1 is 1.16 bits per heavy atom. The smallest absolute Gasteiger partial charge is 0.273 e. The van der Waals surface area contributed by atoms with Crippen LogP contribution in [0.2, 0.25) is 0 Å². The Labute approximate surface area is 146 Å². The van der Waals surface area contributed by atoms with Crippen LogP contribution in [0.15, 0.2) is 22.6 Å². The van der Waals surface area contributed by atoms with Crippen LogP contribution in [0.25, 0.3) is 6.08 Å². The van der Waals surface area contributed by atoms with E-state index >= 15 is 0 Å². The summed E-state index contributed by atoms with van der Waals surface area (Å²) >= 11 is 0. The minimum absolute atomic E-state index is 0.387. The molecule has 0 unspecified atom stereocenters. The number of rotatable bonds is 4. The van der Waals surface area contributed by atoms with E-state index in [2.05, 4.69) is 35.3 Å². The number of amides is 2. The predicted molar refractivity (Wildman–Crippen MR) is 95.0 cm³/mol. The van der Waals surface area contributed by atoms with Crippen LogP contribution in [-0.4, -0.2) is 16.4 Å². The van der Waals surface area contributed by atoms with Crippen LogP contribution in [0.3, 0.4) is 0 Å². The average Bonchev–Trinajstić information content (AvgIpc) is 3.26. The highest BCUT2D eigenvalue weighted by Gasteiger charge is 2.26. The first-order valence-corrected chi connectivity index (χ1v) is 8.40.